The predicted octanol–water partition coefficient (Wildman–Crippen LogP) is 0.462. The number of benzene rings is 1. The summed E-state index contributed by atoms with van der Waals surface area (Å²) >= 11 is 0. The van der Waals surface area contributed by atoms with Gasteiger partial charge in [-0.3, -0.25) is 9.78 Å². The molecule has 0 aliphatic carbocycles. The molecule has 1 amide bonds. The van der Waals surface area contributed by atoms with Gasteiger partial charge < -0.3 is 10.6 Å². The Kier molecular flexibility index (Phi) is 3.65. The lowest BCUT2D eigenvalue weighted by molar-refractivity contribution is -0.131. The van der Waals surface area contributed by atoms with Crippen LogP contribution < -0.4 is 5.73 Å². The molecule has 0 atom stereocenters. The number of carbonyl (C=O) groups is 1. The molecule has 0 saturated carbocycles. The molecule has 0 fully saturated rings. The van der Waals surface area contributed by atoms with Gasteiger partial charge in [-0.05, 0) is 22.6 Å². The lowest BCUT2D eigenvalue weighted by atomic mass is 10.2. The summed E-state index contributed by atoms with van der Waals surface area (Å²) in [4.78, 5) is 18.3. The van der Waals surface area contributed by atoms with E-state index in [-0.39, 0.29) is 18.4 Å². The van der Waals surface area contributed by atoms with Crippen LogP contribution in [0.1, 0.15) is 5.69 Å². The van der Waals surface area contributed by atoms with Crippen molar-refractivity contribution in [2.75, 3.05) is 12.8 Å². The molecule has 0 aliphatic heterocycles. The van der Waals surface area contributed by atoms with E-state index in [2.05, 4.69) is 20.5 Å². The molecule has 3 rings (SSSR count). The molecule has 3 aromatic rings. The summed E-state index contributed by atoms with van der Waals surface area (Å²) in [5.41, 5.74) is 7.27. The summed E-state index contributed by atoms with van der Waals surface area (Å²) in [6.07, 6.45) is 0. The van der Waals surface area contributed by atoms with Crippen LogP contribution in [0.2, 0.25) is 0 Å². The van der Waals surface area contributed by atoms with E-state index in [1.807, 2.05) is 36.4 Å². The van der Waals surface area contributed by atoms with Gasteiger partial charge in [0.05, 0.1) is 17.8 Å². The minimum atomic E-state index is -0.144. The van der Waals surface area contributed by atoms with Gasteiger partial charge in [-0.2, -0.15) is 0 Å². The Hall–Kier alpha value is -3.03. The van der Waals surface area contributed by atoms with Gasteiger partial charge in [0.15, 0.2) is 0 Å². The minimum Gasteiger partial charge on any atom is -0.367 e. The fourth-order valence-corrected chi connectivity index (χ4v) is 2.10. The van der Waals surface area contributed by atoms with Crippen LogP contribution in [0.15, 0.2) is 36.4 Å². The van der Waals surface area contributed by atoms with Crippen molar-refractivity contribution in [3.05, 3.63) is 42.1 Å². The van der Waals surface area contributed by atoms with E-state index in [9.17, 15) is 4.79 Å². The summed E-state index contributed by atoms with van der Waals surface area (Å²) < 4.78 is 1.26. The zero-order valence-corrected chi connectivity index (χ0v) is 12.0. The Bertz CT molecular complexity index is 814. The van der Waals surface area contributed by atoms with Crippen LogP contribution in [0, 0.1) is 0 Å². The first-order valence-electron chi connectivity index (χ1n) is 6.74. The molecule has 2 heterocycles. The van der Waals surface area contributed by atoms with Gasteiger partial charge in [0.1, 0.15) is 6.54 Å². The number of nitrogens with zero attached hydrogens (tertiary/aromatic N) is 6. The fraction of sp³-hybridized carbons (Fsp3) is 0.214. The molecule has 0 unspecified atom stereocenters. The summed E-state index contributed by atoms with van der Waals surface area (Å²) in [7, 11) is 1.71. The first kappa shape index (κ1) is 13.9. The Morgan fingerprint density at radius 1 is 1.27 bits per heavy atom. The third kappa shape index (κ3) is 2.85. The summed E-state index contributed by atoms with van der Waals surface area (Å²) in [5, 5.41) is 11.7. The Morgan fingerprint density at radius 2 is 2.09 bits per heavy atom. The van der Waals surface area contributed by atoms with E-state index >= 15 is 0 Å². The number of nitrogens with two attached hydrogens (primary N) is 1. The largest absolute Gasteiger partial charge is 0.367 e. The number of hydrogen-bond donors (Lipinski definition) is 1. The van der Waals surface area contributed by atoms with Crippen molar-refractivity contribution in [3.8, 4) is 0 Å². The van der Waals surface area contributed by atoms with Gasteiger partial charge in [0.25, 0.3) is 0 Å². The number of carbonyl (C=O) groups excluding carboxylic acids is 1. The number of amides is 1. The van der Waals surface area contributed by atoms with Crippen molar-refractivity contribution in [1.82, 2.24) is 30.1 Å². The topological polar surface area (TPSA) is 103 Å². The van der Waals surface area contributed by atoms with Crippen molar-refractivity contribution in [3.63, 3.8) is 0 Å². The van der Waals surface area contributed by atoms with E-state index in [4.69, 9.17) is 5.73 Å². The molecule has 22 heavy (non-hydrogen) atoms. The molecular formula is C14H15N7O. The standard InChI is InChI=1S/C14H15N7O/c1-20(13(22)9-21-14(15)17-18-19-21)8-11-7-6-10-4-2-3-5-12(10)16-11/h2-7H,8-9H2,1H3,(H2,15,17,19). The normalized spacial score (nSPS) is 10.8. The van der Waals surface area contributed by atoms with Crippen LogP contribution in [-0.4, -0.2) is 43.0 Å². The minimum absolute atomic E-state index is 0.00289. The average Bonchev–Trinajstić information content (AvgIpc) is 2.92. The Morgan fingerprint density at radius 3 is 2.86 bits per heavy atom. The zero-order chi connectivity index (χ0) is 15.5. The third-order valence-electron chi connectivity index (χ3n) is 3.33. The summed E-state index contributed by atoms with van der Waals surface area (Å²) in [6.45, 7) is 0.411. The number of anilines is 1. The second-order valence-electron chi connectivity index (χ2n) is 4.94. The Balaban J connectivity index is 1.70. The van der Waals surface area contributed by atoms with Gasteiger partial charge in [0.2, 0.25) is 11.9 Å². The average molecular weight is 297 g/mol. The van der Waals surface area contributed by atoms with Crippen LogP contribution in [-0.2, 0) is 17.9 Å². The highest BCUT2D eigenvalue weighted by atomic mass is 16.2. The quantitative estimate of drug-likeness (QED) is 0.750. The molecule has 2 aromatic heterocycles. The van der Waals surface area contributed by atoms with E-state index in [0.717, 1.165) is 16.6 Å². The van der Waals surface area contributed by atoms with E-state index in [1.54, 1.807) is 11.9 Å². The van der Waals surface area contributed by atoms with E-state index in [1.165, 1.54) is 4.68 Å². The van der Waals surface area contributed by atoms with Crippen LogP contribution in [0.25, 0.3) is 10.9 Å². The molecular weight excluding hydrogens is 282 g/mol. The molecule has 112 valence electrons. The SMILES string of the molecule is CN(Cc1ccc2ccccc2n1)C(=O)Cn1nnnc1N. The Labute approximate surface area is 126 Å². The molecule has 8 heteroatoms. The first-order valence-corrected chi connectivity index (χ1v) is 6.74. The number of aromatic nitrogens is 5. The number of fused-ring (bicyclic) bond motifs is 1. The highest BCUT2D eigenvalue weighted by molar-refractivity contribution is 5.79. The van der Waals surface area contributed by atoms with Crippen LogP contribution in [0.4, 0.5) is 5.95 Å². The molecule has 2 N–H and O–H groups in total. The predicted molar refractivity (Wildman–Crippen MR) is 80.4 cm³/mol. The van der Waals surface area contributed by atoms with E-state index < -0.39 is 0 Å². The molecule has 0 radical (unpaired) electrons. The van der Waals surface area contributed by atoms with Crippen LogP contribution in [0.3, 0.4) is 0 Å². The van der Waals surface area contributed by atoms with Crippen molar-refractivity contribution in [1.29, 1.82) is 0 Å². The summed E-state index contributed by atoms with van der Waals surface area (Å²) in [5.74, 6) is -0.0282. The summed E-state index contributed by atoms with van der Waals surface area (Å²) in [6, 6.07) is 11.8. The molecule has 0 saturated heterocycles. The molecule has 0 aliphatic rings. The number of para-hydroxylation sites is 1. The van der Waals surface area contributed by atoms with E-state index in [0.29, 0.717) is 6.54 Å². The van der Waals surface area contributed by atoms with Gasteiger partial charge in [0, 0.05) is 12.4 Å². The third-order valence-corrected chi connectivity index (χ3v) is 3.33. The zero-order valence-electron chi connectivity index (χ0n) is 12.0. The van der Waals surface area contributed by atoms with Crippen molar-refractivity contribution in [2.24, 2.45) is 0 Å². The van der Waals surface area contributed by atoms with Gasteiger partial charge >= 0.3 is 0 Å². The molecule has 0 bridgehead atoms. The highest BCUT2D eigenvalue weighted by Gasteiger charge is 2.13. The number of rotatable bonds is 4. The van der Waals surface area contributed by atoms with Crippen LogP contribution in [0.5, 0.6) is 0 Å². The molecule has 1 aromatic carbocycles. The maximum Gasteiger partial charge on any atom is 0.244 e. The number of pyridine rings is 1. The first-order chi connectivity index (χ1) is 10.6. The second kappa shape index (κ2) is 5.76. The maximum atomic E-state index is 12.2. The van der Waals surface area contributed by atoms with Gasteiger partial charge in [-0.1, -0.05) is 29.4 Å². The van der Waals surface area contributed by atoms with Crippen molar-refractivity contribution in [2.45, 2.75) is 13.1 Å². The van der Waals surface area contributed by atoms with Crippen LogP contribution >= 0.6 is 0 Å². The fourth-order valence-electron chi connectivity index (χ4n) is 2.10. The van der Waals surface area contributed by atoms with Crippen molar-refractivity contribution < 1.29 is 4.79 Å². The number of likely N-dealkylation sites (N-methyl/N-ethyl adjacent to an activating group) is 1. The number of nitrogen functional groups attached to an aromatic ring is 1. The number of tetrazole rings is 1. The highest BCUT2D eigenvalue weighted by Crippen LogP contribution is 2.12. The van der Waals surface area contributed by atoms with Crippen molar-refractivity contribution >= 4 is 22.8 Å². The molecule has 0 spiro atoms. The smallest absolute Gasteiger partial charge is 0.244 e. The monoisotopic (exact) mass is 297 g/mol. The molecule has 8 nitrogen and oxygen atoms in total. The van der Waals surface area contributed by atoms with Gasteiger partial charge in [-0.15, -0.1) is 0 Å². The lowest BCUT2D eigenvalue weighted by Gasteiger charge is -2.16. The number of hydrogen-bond acceptors (Lipinski definition) is 6. The lowest BCUT2D eigenvalue weighted by Crippen LogP contribution is -2.30. The second-order valence-corrected chi connectivity index (χ2v) is 4.94. The maximum absolute atomic E-state index is 12.2. The van der Waals surface area contributed by atoms with Gasteiger partial charge in [-0.25, -0.2) is 4.68 Å².